The molecule has 1 amide bonds. The Balaban J connectivity index is 1.61. The van der Waals surface area contributed by atoms with E-state index in [0.717, 1.165) is 18.4 Å². The summed E-state index contributed by atoms with van der Waals surface area (Å²) >= 11 is 0. The van der Waals surface area contributed by atoms with Crippen LogP contribution in [0.1, 0.15) is 40.2 Å². The number of nitrogens with one attached hydrogen (secondary N) is 1. The number of para-hydroxylation sites is 1. The molecule has 3 aliphatic rings. The summed E-state index contributed by atoms with van der Waals surface area (Å²) in [4.78, 5) is 41.4. The van der Waals surface area contributed by atoms with Crippen LogP contribution in [0.25, 0.3) is 0 Å². The number of nitro groups is 1. The Kier molecular flexibility index (Phi) is 4.82. The number of benzene rings is 3. The fraction of sp³-hybridized carbons (Fsp3) is 0.259. The van der Waals surface area contributed by atoms with Gasteiger partial charge in [-0.25, -0.2) is 4.39 Å². The molecule has 2 fully saturated rings. The van der Waals surface area contributed by atoms with E-state index >= 15 is 0 Å². The maximum Gasteiger partial charge on any atom is 0.269 e. The van der Waals surface area contributed by atoms with E-state index < -0.39 is 28.1 Å². The van der Waals surface area contributed by atoms with E-state index in [0.29, 0.717) is 23.4 Å². The molecule has 2 saturated heterocycles. The number of amides is 1. The molecule has 3 heterocycles. The Labute approximate surface area is 200 Å². The van der Waals surface area contributed by atoms with Crippen LogP contribution in [-0.4, -0.2) is 34.1 Å². The van der Waals surface area contributed by atoms with E-state index in [4.69, 9.17) is 0 Å². The summed E-state index contributed by atoms with van der Waals surface area (Å²) in [6.07, 6.45) is 1.61. The van der Waals surface area contributed by atoms with Crippen LogP contribution in [0.5, 0.6) is 0 Å². The van der Waals surface area contributed by atoms with E-state index in [1.54, 1.807) is 12.1 Å². The van der Waals surface area contributed by atoms with Crippen molar-refractivity contribution < 1.29 is 18.9 Å². The SMILES string of the molecule is O=C(c1ccc(F)cc1)C1C(c2cccc([N+](=O)[O-])c2)C2CCCN2[C@@]12C(=O)Nc1ccccc12. The highest BCUT2D eigenvalue weighted by Crippen LogP contribution is 2.61. The Hall–Kier alpha value is -3.91. The van der Waals surface area contributed by atoms with Crippen molar-refractivity contribution >= 4 is 23.1 Å². The van der Waals surface area contributed by atoms with Gasteiger partial charge in [0.1, 0.15) is 11.4 Å². The fourth-order valence-electron chi connectivity index (χ4n) is 6.53. The van der Waals surface area contributed by atoms with Crippen molar-refractivity contribution in [3.05, 3.63) is 105 Å². The molecule has 0 bridgehead atoms. The van der Waals surface area contributed by atoms with E-state index in [9.17, 15) is 24.1 Å². The monoisotopic (exact) mass is 471 g/mol. The maximum atomic E-state index is 14.2. The number of non-ortho nitro benzene ring substituents is 1. The lowest BCUT2D eigenvalue weighted by molar-refractivity contribution is -0.384. The quantitative estimate of drug-likeness (QED) is 0.340. The van der Waals surface area contributed by atoms with Gasteiger partial charge < -0.3 is 5.32 Å². The predicted molar refractivity (Wildman–Crippen MR) is 127 cm³/mol. The number of Topliss-reactive ketones (excluding diaryl/α,β-unsaturated/α-hetero) is 1. The number of carbonyl (C=O) groups excluding carboxylic acids is 2. The Morgan fingerprint density at radius 2 is 1.86 bits per heavy atom. The van der Waals surface area contributed by atoms with Crippen LogP contribution in [-0.2, 0) is 10.3 Å². The molecule has 6 rings (SSSR count). The van der Waals surface area contributed by atoms with Crippen molar-refractivity contribution in [3.63, 3.8) is 0 Å². The number of hydrogen-bond donors (Lipinski definition) is 1. The number of hydrogen-bond acceptors (Lipinski definition) is 5. The van der Waals surface area contributed by atoms with E-state index in [1.807, 2.05) is 24.3 Å². The lowest BCUT2D eigenvalue weighted by atomic mass is 9.68. The van der Waals surface area contributed by atoms with Gasteiger partial charge in [0.05, 0.1) is 10.8 Å². The highest BCUT2D eigenvalue weighted by atomic mass is 19.1. The molecule has 7 nitrogen and oxygen atoms in total. The number of halogens is 1. The minimum atomic E-state index is -1.25. The van der Waals surface area contributed by atoms with Crippen molar-refractivity contribution in [3.8, 4) is 0 Å². The molecule has 1 N–H and O–H groups in total. The van der Waals surface area contributed by atoms with Crippen molar-refractivity contribution in [1.82, 2.24) is 4.90 Å². The van der Waals surface area contributed by atoms with Crippen LogP contribution in [0.4, 0.5) is 15.8 Å². The van der Waals surface area contributed by atoms with Crippen molar-refractivity contribution in [2.45, 2.75) is 30.3 Å². The van der Waals surface area contributed by atoms with Crippen LogP contribution >= 0.6 is 0 Å². The van der Waals surface area contributed by atoms with Crippen molar-refractivity contribution in [2.24, 2.45) is 5.92 Å². The Bertz CT molecular complexity index is 1370. The van der Waals surface area contributed by atoms with Gasteiger partial charge in [-0.05, 0) is 55.3 Å². The molecule has 176 valence electrons. The minimum absolute atomic E-state index is 0.0581. The molecule has 0 radical (unpaired) electrons. The minimum Gasteiger partial charge on any atom is -0.324 e. The summed E-state index contributed by atoms with van der Waals surface area (Å²) in [7, 11) is 0. The number of nitrogens with zero attached hydrogens (tertiary/aromatic N) is 2. The van der Waals surface area contributed by atoms with Crippen LogP contribution in [0, 0.1) is 21.8 Å². The average molecular weight is 471 g/mol. The van der Waals surface area contributed by atoms with E-state index in [2.05, 4.69) is 10.2 Å². The zero-order valence-electron chi connectivity index (χ0n) is 18.7. The highest BCUT2D eigenvalue weighted by molar-refractivity contribution is 6.12. The molecule has 3 unspecified atom stereocenters. The topological polar surface area (TPSA) is 92.5 Å². The van der Waals surface area contributed by atoms with Gasteiger partial charge in [0.15, 0.2) is 5.78 Å². The lowest BCUT2D eigenvalue weighted by Gasteiger charge is -2.36. The van der Waals surface area contributed by atoms with Gasteiger partial charge in [0.2, 0.25) is 5.91 Å². The summed E-state index contributed by atoms with van der Waals surface area (Å²) in [5, 5.41) is 14.5. The van der Waals surface area contributed by atoms with Crippen LogP contribution in [0.3, 0.4) is 0 Å². The Morgan fingerprint density at radius 1 is 1.09 bits per heavy atom. The lowest BCUT2D eigenvalue weighted by Crippen LogP contribution is -2.52. The normalized spacial score (nSPS) is 27.0. The summed E-state index contributed by atoms with van der Waals surface area (Å²) in [6, 6.07) is 19.0. The van der Waals surface area contributed by atoms with Crippen molar-refractivity contribution in [1.29, 1.82) is 0 Å². The first kappa shape index (κ1) is 21.6. The molecule has 1 spiro atoms. The average Bonchev–Trinajstić information content (AvgIpc) is 3.52. The first-order valence-corrected chi connectivity index (χ1v) is 11.6. The summed E-state index contributed by atoms with van der Waals surface area (Å²) < 4.78 is 13.7. The fourth-order valence-corrected chi connectivity index (χ4v) is 6.53. The van der Waals surface area contributed by atoms with Crippen LogP contribution in [0.2, 0.25) is 0 Å². The molecule has 3 aromatic rings. The zero-order chi connectivity index (χ0) is 24.3. The van der Waals surface area contributed by atoms with E-state index in [-0.39, 0.29) is 23.4 Å². The molecule has 3 aliphatic heterocycles. The molecule has 8 heteroatoms. The first-order valence-electron chi connectivity index (χ1n) is 11.6. The number of rotatable bonds is 4. The van der Waals surface area contributed by atoms with Crippen LogP contribution in [0.15, 0.2) is 72.8 Å². The van der Waals surface area contributed by atoms with Gasteiger partial charge in [-0.3, -0.25) is 24.6 Å². The molecule has 0 saturated carbocycles. The third kappa shape index (κ3) is 2.99. The summed E-state index contributed by atoms with van der Waals surface area (Å²) in [5.74, 6) is -2.29. The van der Waals surface area contributed by atoms with Gasteiger partial charge in [0, 0.05) is 40.9 Å². The molecule has 0 aliphatic carbocycles. The first-order chi connectivity index (χ1) is 16.9. The molecule has 3 aromatic carbocycles. The number of carbonyl (C=O) groups is 2. The summed E-state index contributed by atoms with van der Waals surface area (Å²) in [6.45, 7) is 0.630. The van der Waals surface area contributed by atoms with Crippen molar-refractivity contribution in [2.75, 3.05) is 11.9 Å². The number of ketones is 1. The number of anilines is 1. The second-order valence-electron chi connectivity index (χ2n) is 9.40. The highest BCUT2D eigenvalue weighted by Gasteiger charge is 2.69. The Morgan fingerprint density at radius 3 is 2.63 bits per heavy atom. The molecular weight excluding hydrogens is 449 g/mol. The molecule has 0 aromatic heterocycles. The standard InChI is InChI=1S/C27H22FN3O4/c28-18-12-10-16(11-13-18)25(32)24-23(17-5-3-6-19(15-17)31(34)35)22-9-4-14-30(22)27(24)20-7-1-2-8-21(20)29-26(27)33/h1-3,5-8,10-13,15,22-24H,4,9,14H2,(H,29,33)/t22?,23?,24?,27-/m1/s1. The third-order valence-electron chi connectivity index (χ3n) is 7.79. The number of fused-ring (bicyclic) bond motifs is 4. The van der Waals surface area contributed by atoms with Crippen LogP contribution < -0.4 is 5.32 Å². The van der Waals surface area contributed by atoms with Gasteiger partial charge in [0.25, 0.3) is 5.69 Å². The number of nitro benzene ring substituents is 1. The second-order valence-corrected chi connectivity index (χ2v) is 9.40. The molecule has 35 heavy (non-hydrogen) atoms. The smallest absolute Gasteiger partial charge is 0.269 e. The summed E-state index contributed by atoms with van der Waals surface area (Å²) in [5.41, 5.74) is 1.07. The largest absolute Gasteiger partial charge is 0.324 e. The predicted octanol–water partition coefficient (Wildman–Crippen LogP) is 4.64. The second kappa shape index (κ2) is 7.81. The van der Waals surface area contributed by atoms with Gasteiger partial charge in [-0.2, -0.15) is 0 Å². The third-order valence-corrected chi connectivity index (χ3v) is 7.79. The maximum absolute atomic E-state index is 14.2. The molecular formula is C27H22FN3O4. The van der Waals surface area contributed by atoms with Gasteiger partial charge in [-0.15, -0.1) is 0 Å². The molecule has 4 atom stereocenters. The van der Waals surface area contributed by atoms with Gasteiger partial charge in [-0.1, -0.05) is 30.3 Å². The van der Waals surface area contributed by atoms with E-state index in [1.165, 1.54) is 36.4 Å². The van der Waals surface area contributed by atoms with Gasteiger partial charge >= 0.3 is 0 Å². The zero-order valence-corrected chi connectivity index (χ0v) is 18.7.